The van der Waals surface area contributed by atoms with Crippen LogP contribution in [-0.2, 0) is 11.2 Å². The highest BCUT2D eigenvalue weighted by Gasteiger charge is 2.31. The summed E-state index contributed by atoms with van der Waals surface area (Å²) in [5, 5.41) is 9.74. The van der Waals surface area contributed by atoms with E-state index in [0.717, 1.165) is 45.3 Å². The second-order valence-electron chi connectivity index (χ2n) is 12.0. The summed E-state index contributed by atoms with van der Waals surface area (Å²) in [6.45, 7) is 4.99. The molecule has 1 aliphatic rings. The first-order valence-electron chi connectivity index (χ1n) is 15.8. The first kappa shape index (κ1) is 31.2. The Bertz CT molecular complexity index is 1460. The number of nitrogens with two attached hydrogens (primary N) is 2. The Hall–Kier alpha value is -4.20. The fraction of sp³-hybridized carbons (Fsp3) is 0.351. The lowest BCUT2D eigenvalue weighted by Crippen LogP contribution is -2.53. The molecule has 4 aromatic rings. The number of amides is 1. The average molecular weight is 591 g/mol. The van der Waals surface area contributed by atoms with Gasteiger partial charge >= 0.3 is 0 Å². The number of nitrogens with zero attached hydrogens (tertiary/aromatic N) is 2. The molecule has 0 spiro atoms. The molecule has 0 radical (unpaired) electrons. The maximum absolute atomic E-state index is 12.5. The minimum atomic E-state index is -0.0344. The first-order chi connectivity index (χ1) is 21.4. The van der Waals surface area contributed by atoms with Crippen LogP contribution in [0.3, 0.4) is 0 Å². The number of benzene rings is 4. The van der Waals surface area contributed by atoms with Crippen LogP contribution >= 0.6 is 0 Å². The van der Waals surface area contributed by atoms with Crippen LogP contribution in [0, 0.1) is 0 Å². The lowest BCUT2D eigenvalue weighted by Gasteiger charge is -2.31. The zero-order valence-electron chi connectivity index (χ0n) is 25.7. The Morgan fingerprint density at radius 1 is 0.932 bits per heavy atom. The van der Waals surface area contributed by atoms with Crippen LogP contribution < -0.4 is 22.1 Å². The van der Waals surface area contributed by atoms with Gasteiger partial charge in [-0.15, -0.1) is 0 Å². The number of aliphatic imine (C=N–C) groups is 1. The topological polar surface area (TPSA) is 109 Å². The second kappa shape index (κ2) is 15.5. The summed E-state index contributed by atoms with van der Waals surface area (Å²) in [6.07, 6.45) is 3.51. The van der Waals surface area contributed by atoms with E-state index in [4.69, 9.17) is 11.5 Å². The predicted octanol–water partition coefficient (Wildman–Crippen LogP) is 4.81. The van der Waals surface area contributed by atoms with Gasteiger partial charge in [-0.3, -0.25) is 9.79 Å². The van der Waals surface area contributed by atoms with Crippen molar-refractivity contribution >= 4 is 22.6 Å². The maximum atomic E-state index is 12.5. The molecule has 0 saturated carbocycles. The molecule has 0 bridgehead atoms. The monoisotopic (exact) mass is 590 g/mol. The Morgan fingerprint density at radius 2 is 1.59 bits per heavy atom. The average Bonchev–Trinajstić information content (AvgIpc) is 3.24. The van der Waals surface area contributed by atoms with Gasteiger partial charge in [0.1, 0.15) is 0 Å². The molecule has 3 atom stereocenters. The third-order valence-electron chi connectivity index (χ3n) is 8.68. The van der Waals surface area contributed by atoms with E-state index in [1.165, 1.54) is 27.5 Å². The van der Waals surface area contributed by atoms with Crippen LogP contribution in [0.4, 0.5) is 0 Å². The number of fused-ring (bicyclic) bond motifs is 1. The highest BCUT2D eigenvalue weighted by Crippen LogP contribution is 2.27. The van der Waals surface area contributed by atoms with Crippen LogP contribution in [-0.4, -0.2) is 61.1 Å². The molecule has 4 aromatic carbocycles. The second-order valence-corrected chi connectivity index (χ2v) is 12.0. The molecule has 230 valence electrons. The molecule has 6 N–H and O–H groups in total. The fourth-order valence-electron chi connectivity index (χ4n) is 6.57. The molecule has 5 rings (SSSR count). The normalized spacial score (nSPS) is 18.0. The minimum Gasteiger partial charge on any atom is -0.370 e. The molecule has 1 saturated heterocycles. The van der Waals surface area contributed by atoms with Crippen molar-refractivity contribution in [2.24, 2.45) is 16.5 Å². The van der Waals surface area contributed by atoms with Crippen molar-refractivity contribution in [3.8, 4) is 0 Å². The van der Waals surface area contributed by atoms with E-state index in [2.05, 4.69) is 124 Å². The van der Waals surface area contributed by atoms with Crippen molar-refractivity contribution in [1.29, 1.82) is 0 Å². The summed E-state index contributed by atoms with van der Waals surface area (Å²) in [6, 6.07) is 37.0. The van der Waals surface area contributed by atoms with Gasteiger partial charge in [0.15, 0.2) is 5.96 Å². The number of hydrogen-bond acceptors (Lipinski definition) is 4. The van der Waals surface area contributed by atoms with Crippen molar-refractivity contribution < 1.29 is 4.79 Å². The van der Waals surface area contributed by atoms with Gasteiger partial charge < -0.3 is 27.0 Å². The highest BCUT2D eigenvalue weighted by atomic mass is 16.1. The Morgan fingerprint density at radius 3 is 2.25 bits per heavy atom. The molecule has 1 fully saturated rings. The molecule has 3 unspecified atom stereocenters. The Labute approximate surface area is 261 Å². The Kier molecular flexibility index (Phi) is 11.0. The van der Waals surface area contributed by atoms with Gasteiger partial charge in [0.2, 0.25) is 5.91 Å². The molecule has 1 aliphatic heterocycles. The van der Waals surface area contributed by atoms with Crippen molar-refractivity contribution in [2.45, 2.75) is 56.7 Å². The number of nitrogens with one attached hydrogen (secondary N) is 2. The first-order valence-corrected chi connectivity index (χ1v) is 15.8. The van der Waals surface area contributed by atoms with Crippen LogP contribution in [0.25, 0.3) is 10.8 Å². The highest BCUT2D eigenvalue weighted by molar-refractivity contribution is 5.83. The van der Waals surface area contributed by atoms with E-state index < -0.39 is 0 Å². The predicted molar refractivity (Wildman–Crippen MR) is 182 cm³/mol. The molecule has 0 aromatic heterocycles. The van der Waals surface area contributed by atoms with Crippen LogP contribution in [0.1, 0.15) is 48.8 Å². The number of carbonyl (C=O) groups is 1. The summed E-state index contributed by atoms with van der Waals surface area (Å²) in [7, 11) is 0. The third kappa shape index (κ3) is 8.91. The molecule has 1 amide bonds. The lowest BCUT2D eigenvalue weighted by molar-refractivity contribution is -0.119. The van der Waals surface area contributed by atoms with Gasteiger partial charge in [0.25, 0.3) is 0 Å². The molecule has 7 nitrogen and oxygen atoms in total. The number of hydrogen-bond donors (Lipinski definition) is 4. The van der Waals surface area contributed by atoms with Crippen molar-refractivity contribution in [3.05, 3.63) is 120 Å². The summed E-state index contributed by atoms with van der Waals surface area (Å²) in [5.41, 5.74) is 15.1. The van der Waals surface area contributed by atoms with Gasteiger partial charge in [-0.1, -0.05) is 103 Å². The van der Waals surface area contributed by atoms with E-state index in [0.29, 0.717) is 6.54 Å². The van der Waals surface area contributed by atoms with Crippen LogP contribution in [0.2, 0.25) is 0 Å². The van der Waals surface area contributed by atoms with Gasteiger partial charge in [0, 0.05) is 50.6 Å². The van der Waals surface area contributed by atoms with E-state index >= 15 is 0 Å². The van der Waals surface area contributed by atoms with Gasteiger partial charge in [-0.05, 0) is 59.7 Å². The SMILES string of the molecule is CC(=O)NC(Cc1ccc2ccccc2c1)C1CCN(CC(c2ccccc2)c2ccccc2)CC(CCCN=C(N)N)N1. The molecular formula is C37H46N6O. The quantitative estimate of drug-likeness (QED) is 0.108. The van der Waals surface area contributed by atoms with E-state index in [-0.39, 0.29) is 35.9 Å². The van der Waals surface area contributed by atoms with E-state index in [1.807, 2.05) is 0 Å². The van der Waals surface area contributed by atoms with Crippen molar-refractivity contribution in [2.75, 3.05) is 26.2 Å². The van der Waals surface area contributed by atoms with E-state index in [9.17, 15) is 4.79 Å². The Balaban J connectivity index is 1.38. The summed E-state index contributed by atoms with van der Waals surface area (Å²) in [4.78, 5) is 19.3. The number of guanidine groups is 1. The van der Waals surface area contributed by atoms with Gasteiger partial charge in [0.05, 0.1) is 0 Å². The molecular weight excluding hydrogens is 544 g/mol. The zero-order valence-corrected chi connectivity index (χ0v) is 25.7. The number of rotatable bonds is 12. The number of carbonyl (C=O) groups excluding carboxylic acids is 1. The molecule has 7 heteroatoms. The van der Waals surface area contributed by atoms with Crippen LogP contribution in [0.15, 0.2) is 108 Å². The summed E-state index contributed by atoms with van der Waals surface area (Å²) in [5.74, 6) is 0.393. The molecule has 44 heavy (non-hydrogen) atoms. The molecule has 1 heterocycles. The standard InChI is InChI=1S/C37H46N6O/c1-27(44)41-36(24-28-18-19-29-11-8-9-16-32(29)23-28)35-20-22-43(25-33(42-35)17-10-21-40-37(38)39)26-34(30-12-4-2-5-13-30)31-14-6-3-7-15-31/h2-9,11-16,18-19,23,33-36,42H,10,17,20-22,24-26H2,1H3,(H,41,44)(H4,38,39,40). The van der Waals surface area contributed by atoms with Crippen LogP contribution in [0.5, 0.6) is 0 Å². The smallest absolute Gasteiger partial charge is 0.217 e. The van der Waals surface area contributed by atoms with Gasteiger partial charge in [-0.25, -0.2) is 0 Å². The summed E-state index contributed by atoms with van der Waals surface area (Å²) >= 11 is 0. The largest absolute Gasteiger partial charge is 0.370 e. The summed E-state index contributed by atoms with van der Waals surface area (Å²) < 4.78 is 0. The molecule has 0 aliphatic carbocycles. The fourth-order valence-corrected chi connectivity index (χ4v) is 6.57. The lowest BCUT2D eigenvalue weighted by atomic mass is 9.90. The van der Waals surface area contributed by atoms with Gasteiger partial charge in [-0.2, -0.15) is 0 Å². The van der Waals surface area contributed by atoms with Crippen molar-refractivity contribution in [3.63, 3.8) is 0 Å². The zero-order chi connectivity index (χ0) is 30.7. The minimum absolute atomic E-state index is 0.00350. The third-order valence-corrected chi connectivity index (χ3v) is 8.68. The van der Waals surface area contributed by atoms with E-state index in [1.54, 1.807) is 6.92 Å². The maximum Gasteiger partial charge on any atom is 0.217 e. The van der Waals surface area contributed by atoms with Crippen molar-refractivity contribution in [1.82, 2.24) is 15.5 Å².